The maximum atomic E-state index is 11.9. The third kappa shape index (κ3) is 4.04. The average molecular weight is 356 g/mol. The number of hydrogen-bond acceptors (Lipinski definition) is 7. The first-order valence-corrected chi connectivity index (χ1v) is 7.61. The van der Waals surface area contributed by atoms with E-state index in [1.807, 2.05) is 18.2 Å². The molecular formula is C16H16N6O4. The SMILES string of the molecule is COc1cccc(-c2ncc(OC(=O)NN3CC(C)=NNC3=O)cn2)c1. The van der Waals surface area contributed by atoms with Crippen LogP contribution in [-0.4, -0.2) is 46.5 Å². The average Bonchev–Trinajstić information content (AvgIpc) is 2.65. The molecule has 0 unspecified atom stereocenters. The van der Waals surface area contributed by atoms with E-state index in [1.54, 1.807) is 20.1 Å². The third-order valence-electron chi connectivity index (χ3n) is 3.37. The molecule has 1 aliphatic heterocycles. The van der Waals surface area contributed by atoms with Crippen LogP contribution >= 0.6 is 0 Å². The Balaban J connectivity index is 1.63. The predicted molar refractivity (Wildman–Crippen MR) is 91.5 cm³/mol. The van der Waals surface area contributed by atoms with Crippen LogP contribution in [0.25, 0.3) is 11.4 Å². The molecular weight excluding hydrogens is 340 g/mol. The fourth-order valence-corrected chi connectivity index (χ4v) is 2.15. The van der Waals surface area contributed by atoms with Crippen LogP contribution in [0.2, 0.25) is 0 Å². The molecule has 2 heterocycles. The van der Waals surface area contributed by atoms with E-state index in [4.69, 9.17) is 9.47 Å². The van der Waals surface area contributed by atoms with Gasteiger partial charge in [0.1, 0.15) is 5.75 Å². The van der Waals surface area contributed by atoms with Gasteiger partial charge in [-0.05, 0) is 19.1 Å². The van der Waals surface area contributed by atoms with E-state index >= 15 is 0 Å². The molecule has 1 aromatic heterocycles. The molecule has 3 amide bonds. The Morgan fingerprint density at radius 3 is 2.77 bits per heavy atom. The summed E-state index contributed by atoms with van der Waals surface area (Å²) < 4.78 is 10.2. The van der Waals surface area contributed by atoms with Crippen LogP contribution in [0.3, 0.4) is 0 Å². The minimum absolute atomic E-state index is 0.136. The number of nitrogens with zero attached hydrogens (tertiary/aromatic N) is 4. The second-order valence-electron chi connectivity index (χ2n) is 5.33. The van der Waals surface area contributed by atoms with Crippen LogP contribution < -0.4 is 20.3 Å². The summed E-state index contributed by atoms with van der Waals surface area (Å²) in [5.41, 5.74) is 5.97. The number of rotatable bonds is 4. The number of aromatic nitrogens is 2. The van der Waals surface area contributed by atoms with Gasteiger partial charge in [-0.1, -0.05) is 12.1 Å². The van der Waals surface area contributed by atoms with Gasteiger partial charge < -0.3 is 9.47 Å². The highest BCUT2D eigenvalue weighted by Gasteiger charge is 2.21. The van der Waals surface area contributed by atoms with Gasteiger partial charge in [0.2, 0.25) is 0 Å². The predicted octanol–water partition coefficient (Wildman–Crippen LogP) is 1.56. The highest BCUT2D eigenvalue weighted by Crippen LogP contribution is 2.21. The molecule has 26 heavy (non-hydrogen) atoms. The first kappa shape index (κ1) is 17.1. The fourth-order valence-electron chi connectivity index (χ4n) is 2.15. The molecule has 0 saturated carbocycles. The zero-order valence-electron chi connectivity index (χ0n) is 14.1. The van der Waals surface area contributed by atoms with Gasteiger partial charge in [-0.3, -0.25) is 0 Å². The van der Waals surface area contributed by atoms with Crippen molar-refractivity contribution in [3.63, 3.8) is 0 Å². The van der Waals surface area contributed by atoms with Crippen LogP contribution in [0.5, 0.6) is 11.5 Å². The van der Waals surface area contributed by atoms with Gasteiger partial charge in [-0.25, -0.2) is 35.4 Å². The molecule has 10 nitrogen and oxygen atoms in total. The summed E-state index contributed by atoms with van der Waals surface area (Å²) in [5, 5.41) is 4.81. The van der Waals surface area contributed by atoms with Crippen molar-refractivity contribution in [3.05, 3.63) is 36.7 Å². The van der Waals surface area contributed by atoms with Gasteiger partial charge in [-0.2, -0.15) is 5.10 Å². The molecule has 10 heteroatoms. The topological polar surface area (TPSA) is 118 Å². The number of urea groups is 1. The first-order chi connectivity index (χ1) is 12.5. The van der Waals surface area contributed by atoms with Crippen molar-refractivity contribution < 1.29 is 19.1 Å². The van der Waals surface area contributed by atoms with Crippen molar-refractivity contribution in [2.45, 2.75) is 6.92 Å². The number of benzene rings is 1. The number of hydrogen-bond donors (Lipinski definition) is 2. The number of nitrogens with one attached hydrogen (secondary N) is 2. The maximum Gasteiger partial charge on any atom is 0.431 e. The zero-order chi connectivity index (χ0) is 18.5. The van der Waals surface area contributed by atoms with Crippen molar-refractivity contribution in [2.75, 3.05) is 13.7 Å². The number of methoxy groups -OCH3 is 1. The molecule has 1 aromatic carbocycles. The number of carbonyl (C=O) groups excluding carboxylic acids is 2. The van der Waals surface area contributed by atoms with E-state index < -0.39 is 12.1 Å². The maximum absolute atomic E-state index is 11.9. The summed E-state index contributed by atoms with van der Waals surface area (Å²) >= 11 is 0. The second kappa shape index (κ2) is 7.47. The Labute approximate surface area is 148 Å². The van der Waals surface area contributed by atoms with Gasteiger partial charge in [0, 0.05) is 5.56 Å². The van der Waals surface area contributed by atoms with E-state index in [1.165, 1.54) is 12.4 Å². The number of hydrazone groups is 1. The van der Waals surface area contributed by atoms with Gasteiger partial charge >= 0.3 is 12.1 Å². The lowest BCUT2D eigenvalue weighted by atomic mass is 10.2. The van der Waals surface area contributed by atoms with Crippen LogP contribution in [-0.2, 0) is 0 Å². The summed E-state index contributed by atoms with van der Waals surface area (Å²) in [7, 11) is 1.57. The summed E-state index contributed by atoms with van der Waals surface area (Å²) in [6.07, 6.45) is 1.89. The standard InChI is InChI=1S/C16H16N6O4/c1-10-9-22(15(23)20-19-10)21-16(24)26-13-7-17-14(18-8-13)11-4-3-5-12(6-11)25-2/h3-8H,9H2,1-2H3,(H,20,23)(H,21,24). The van der Waals surface area contributed by atoms with Crippen LogP contribution in [0.15, 0.2) is 41.8 Å². The lowest BCUT2D eigenvalue weighted by molar-refractivity contribution is 0.151. The van der Waals surface area contributed by atoms with Crippen molar-refractivity contribution in [1.82, 2.24) is 25.8 Å². The highest BCUT2D eigenvalue weighted by atomic mass is 16.6. The zero-order valence-corrected chi connectivity index (χ0v) is 14.1. The smallest absolute Gasteiger partial charge is 0.431 e. The molecule has 2 aromatic rings. The van der Waals surface area contributed by atoms with Crippen molar-refractivity contribution >= 4 is 17.8 Å². The van der Waals surface area contributed by atoms with Gasteiger partial charge in [0.05, 0.1) is 31.8 Å². The Kier molecular flexibility index (Phi) is 4.92. The molecule has 2 N–H and O–H groups in total. The van der Waals surface area contributed by atoms with Crippen molar-refractivity contribution in [2.24, 2.45) is 5.10 Å². The molecule has 0 fully saturated rings. The highest BCUT2D eigenvalue weighted by molar-refractivity contribution is 5.92. The molecule has 0 bridgehead atoms. The van der Waals surface area contributed by atoms with E-state index in [0.29, 0.717) is 17.3 Å². The van der Waals surface area contributed by atoms with Crippen LogP contribution in [0.4, 0.5) is 9.59 Å². The van der Waals surface area contributed by atoms with Gasteiger partial charge in [-0.15, -0.1) is 0 Å². The largest absolute Gasteiger partial charge is 0.497 e. The lowest BCUT2D eigenvalue weighted by Gasteiger charge is -2.24. The molecule has 0 radical (unpaired) electrons. The summed E-state index contributed by atoms with van der Waals surface area (Å²) in [6, 6.07) is 6.71. The van der Waals surface area contributed by atoms with Crippen molar-refractivity contribution in [1.29, 1.82) is 0 Å². The molecule has 0 saturated heterocycles. The van der Waals surface area contributed by atoms with E-state index in [2.05, 4.69) is 25.9 Å². The third-order valence-corrected chi connectivity index (χ3v) is 3.37. The quantitative estimate of drug-likeness (QED) is 0.858. The van der Waals surface area contributed by atoms with Crippen LogP contribution in [0, 0.1) is 0 Å². The summed E-state index contributed by atoms with van der Waals surface area (Å²) in [5.74, 6) is 1.28. The molecule has 1 aliphatic rings. The fraction of sp³-hybridized carbons (Fsp3) is 0.188. The molecule has 0 atom stereocenters. The summed E-state index contributed by atoms with van der Waals surface area (Å²) in [4.78, 5) is 31.8. The Morgan fingerprint density at radius 2 is 2.04 bits per heavy atom. The summed E-state index contributed by atoms with van der Waals surface area (Å²) in [6.45, 7) is 1.87. The molecule has 0 aliphatic carbocycles. The minimum atomic E-state index is -0.840. The van der Waals surface area contributed by atoms with Gasteiger partial charge in [0.15, 0.2) is 11.6 Å². The molecule has 3 rings (SSSR count). The lowest BCUT2D eigenvalue weighted by Crippen LogP contribution is -2.54. The minimum Gasteiger partial charge on any atom is -0.497 e. The Hall–Kier alpha value is -3.69. The van der Waals surface area contributed by atoms with Crippen molar-refractivity contribution in [3.8, 4) is 22.9 Å². The number of ether oxygens (including phenoxy) is 2. The Bertz CT molecular complexity index is 852. The number of carbonyl (C=O) groups is 2. The first-order valence-electron chi connectivity index (χ1n) is 7.61. The Morgan fingerprint density at radius 1 is 1.27 bits per heavy atom. The monoisotopic (exact) mass is 356 g/mol. The number of hydrazine groups is 1. The second-order valence-corrected chi connectivity index (χ2v) is 5.33. The van der Waals surface area contributed by atoms with E-state index in [9.17, 15) is 9.59 Å². The van der Waals surface area contributed by atoms with E-state index in [-0.39, 0.29) is 12.3 Å². The normalized spacial score (nSPS) is 13.5. The van der Waals surface area contributed by atoms with Gasteiger partial charge in [0.25, 0.3) is 0 Å². The molecule has 0 spiro atoms. The number of amides is 3. The van der Waals surface area contributed by atoms with Crippen LogP contribution in [0.1, 0.15) is 6.92 Å². The van der Waals surface area contributed by atoms with E-state index in [0.717, 1.165) is 10.6 Å². The molecule has 134 valence electrons.